The van der Waals surface area contributed by atoms with E-state index in [9.17, 15) is 14.9 Å². The lowest BCUT2D eigenvalue weighted by Gasteiger charge is -2.31. The topological polar surface area (TPSA) is 119 Å². The van der Waals surface area contributed by atoms with Gasteiger partial charge in [0.2, 0.25) is 11.8 Å². The molecule has 4 aromatic rings. The van der Waals surface area contributed by atoms with Crippen molar-refractivity contribution in [3.05, 3.63) is 59.2 Å². The number of amides is 2. The van der Waals surface area contributed by atoms with E-state index in [0.717, 1.165) is 0 Å². The first kappa shape index (κ1) is 23.1. The predicted molar refractivity (Wildman–Crippen MR) is 137 cm³/mol. The minimum absolute atomic E-state index is 0.221. The summed E-state index contributed by atoms with van der Waals surface area (Å²) >= 11 is 6.12. The molecule has 0 aliphatic carbocycles. The number of fused-ring (bicyclic) bond motifs is 7. The zero-order valence-corrected chi connectivity index (χ0v) is 21.1. The number of rotatable bonds is 5. The van der Waals surface area contributed by atoms with Crippen LogP contribution in [0.1, 0.15) is 31.7 Å². The Bertz CT molecular complexity index is 1710. The molecule has 0 spiro atoms. The van der Waals surface area contributed by atoms with Gasteiger partial charge in [0.05, 0.1) is 51.8 Å². The Morgan fingerprint density at radius 3 is 2.84 bits per heavy atom. The fourth-order valence-electron chi connectivity index (χ4n) is 6.60. The van der Waals surface area contributed by atoms with Crippen molar-refractivity contribution in [3.8, 4) is 11.9 Å². The predicted octanol–water partition coefficient (Wildman–Crippen LogP) is 4.80. The van der Waals surface area contributed by atoms with Crippen LogP contribution in [0.4, 0.5) is 5.69 Å². The first-order valence-electron chi connectivity index (χ1n) is 12.4. The van der Waals surface area contributed by atoms with Crippen LogP contribution in [-0.2, 0) is 14.3 Å². The fraction of sp³-hybridized carbons (Fsp3) is 0.321. The van der Waals surface area contributed by atoms with Crippen LogP contribution < -0.4 is 9.64 Å². The van der Waals surface area contributed by atoms with Gasteiger partial charge in [-0.1, -0.05) is 11.6 Å². The number of aromatic nitrogens is 2. The Hall–Kier alpha value is -4.00. The van der Waals surface area contributed by atoms with Gasteiger partial charge in [0.15, 0.2) is 5.58 Å². The quantitative estimate of drug-likeness (QED) is 0.339. The number of carbonyl (C=O) groups excluding carboxylic acids is 2. The second-order valence-corrected chi connectivity index (χ2v) is 10.8. The van der Waals surface area contributed by atoms with Gasteiger partial charge in [0.25, 0.3) is 5.88 Å². The van der Waals surface area contributed by atoms with Crippen LogP contribution in [-0.4, -0.2) is 39.8 Å². The van der Waals surface area contributed by atoms with E-state index in [1.54, 1.807) is 48.7 Å². The summed E-state index contributed by atoms with van der Waals surface area (Å²) in [6.07, 6.45) is 3.30. The van der Waals surface area contributed by atoms with Crippen molar-refractivity contribution in [3.63, 3.8) is 0 Å². The molecular weight excluding hydrogens is 508 g/mol. The van der Waals surface area contributed by atoms with Crippen molar-refractivity contribution in [1.29, 1.82) is 5.26 Å². The standard InChI is InChI=1S/C28H21ClN4O5/c1-27-8-9-28(38-27,10-12-36-24-18-13-16(29)5-7-20(18)37-32-24)22-21(27)25(34)33(26(22)35)19-6-4-15(14-30)23-17(19)3-2-11-31-23/h2-7,11,13,21-22H,8-10,12H2,1H3. The molecule has 0 radical (unpaired) electrons. The molecule has 7 rings (SSSR count). The first-order chi connectivity index (χ1) is 18.3. The summed E-state index contributed by atoms with van der Waals surface area (Å²) in [5, 5.41) is 15.3. The second-order valence-electron chi connectivity index (χ2n) is 10.3. The molecule has 0 N–H and O–H groups in total. The molecule has 3 aliphatic heterocycles. The molecule has 10 heteroatoms. The lowest BCUT2D eigenvalue weighted by molar-refractivity contribution is -0.131. The molecule has 38 heavy (non-hydrogen) atoms. The summed E-state index contributed by atoms with van der Waals surface area (Å²) in [5.74, 6) is -1.49. The van der Waals surface area contributed by atoms with Gasteiger partial charge in [-0.15, -0.1) is 0 Å². The molecule has 9 nitrogen and oxygen atoms in total. The number of halogens is 1. The van der Waals surface area contributed by atoms with Gasteiger partial charge in [-0.25, -0.2) is 4.90 Å². The molecule has 4 atom stereocenters. The molecule has 190 valence electrons. The third-order valence-corrected chi connectivity index (χ3v) is 8.52. The molecule has 5 heterocycles. The number of hydrogen-bond donors (Lipinski definition) is 0. The Morgan fingerprint density at radius 1 is 1.16 bits per heavy atom. The molecule has 2 amide bonds. The van der Waals surface area contributed by atoms with Crippen molar-refractivity contribution >= 4 is 51.0 Å². The molecule has 2 bridgehead atoms. The third kappa shape index (κ3) is 3.08. The normalized spacial score (nSPS) is 27.9. The number of nitrogens with zero attached hydrogens (tertiary/aromatic N) is 4. The highest BCUT2D eigenvalue weighted by Crippen LogP contribution is 2.62. The summed E-state index contributed by atoms with van der Waals surface area (Å²) in [7, 11) is 0. The second kappa shape index (κ2) is 8.00. The number of hydrogen-bond acceptors (Lipinski definition) is 8. The molecule has 4 unspecified atom stereocenters. The van der Waals surface area contributed by atoms with Crippen LogP contribution in [0.25, 0.3) is 21.9 Å². The monoisotopic (exact) mass is 528 g/mol. The van der Waals surface area contributed by atoms with Crippen LogP contribution in [0.5, 0.6) is 5.88 Å². The third-order valence-electron chi connectivity index (χ3n) is 8.28. The van der Waals surface area contributed by atoms with Crippen LogP contribution in [0.15, 0.2) is 53.2 Å². The van der Waals surface area contributed by atoms with Gasteiger partial charge in [0, 0.05) is 23.0 Å². The maximum atomic E-state index is 14.0. The molecule has 2 aromatic heterocycles. The number of nitriles is 1. The molecule has 2 aromatic carbocycles. The van der Waals surface area contributed by atoms with Crippen LogP contribution in [0.3, 0.4) is 0 Å². The summed E-state index contributed by atoms with van der Waals surface area (Å²) in [6, 6.07) is 14.1. The van der Waals surface area contributed by atoms with Gasteiger partial charge < -0.3 is 14.0 Å². The molecule has 3 saturated heterocycles. The number of benzene rings is 2. The molecular formula is C28H21ClN4O5. The van der Waals surface area contributed by atoms with E-state index in [1.165, 1.54) is 4.90 Å². The van der Waals surface area contributed by atoms with Gasteiger partial charge in [0.1, 0.15) is 6.07 Å². The van der Waals surface area contributed by atoms with Gasteiger partial charge in [-0.3, -0.25) is 14.6 Å². The van der Waals surface area contributed by atoms with Crippen LogP contribution >= 0.6 is 11.6 Å². The van der Waals surface area contributed by atoms with E-state index >= 15 is 0 Å². The highest BCUT2D eigenvalue weighted by Gasteiger charge is 2.73. The number of carbonyl (C=O) groups is 2. The fourth-order valence-corrected chi connectivity index (χ4v) is 6.78. The highest BCUT2D eigenvalue weighted by atomic mass is 35.5. The molecule has 3 aliphatic rings. The Balaban J connectivity index is 1.21. The van der Waals surface area contributed by atoms with Crippen molar-refractivity contribution in [2.45, 2.75) is 37.4 Å². The SMILES string of the molecule is CC12CCC(CCOc3noc4ccc(Cl)cc34)(O1)C1C(=O)N(c3ccc(C#N)c4ncccc34)C(=O)C12. The summed E-state index contributed by atoms with van der Waals surface area (Å²) in [6.45, 7) is 2.14. The lowest BCUT2D eigenvalue weighted by Crippen LogP contribution is -2.43. The van der Waals surface area contributed by atoms with E-state index in [4.69, 9.17) is 25.6 Å². The largest absolute Gasteiger partial charge is 0.475 e. The van der Waals surface area contributed by atoms with E-state index in [1.807, 2.05) is 6.92 Å². The van der Waals surface area contributed by atoms with Gasteiger partial charge >= 0.3 is 0 Å². The van der Waals surface area contributed by atoms with Crippen molar-refractivity contribution in [2.24, 2.45) is 11.8 Å². The highest BCUT2D eigenvalue weighted by molar-refractivity contribution is 6.31. The van der Waals surface area contributed by atoms with Crippen LogP contribution in [0, 0.1) is 23.2 Å². The average molecular weight is 529 g/mol. The van der Waals surface area contributed by atoms with E-state index in [0.29, 0.717) is 63.3 Å². The smallest absolute Gasteiger partial charge is 0.262 e. The molecule has 0 saturated carbocycles. The van der Waals surface area contributed by atoms with Crippen molar-refractivity contribution < 1.29 is 23.6 Å². The average Bonchev–Trinajstić information content (AvgIpc) is 3.62. The lowest BCUT2D eigenvalue weighted by atomic mass is 9.67. The number of anilines is 1. The Morgan fingerprint density at radius 2 is 2.00 bits per heavy atom. The number of pyridine rings is 1. The van der Waals surface area contributed by atoms with Gasteiger partial charge in [-0.05, 0) is 67.4 Å². The van der Waals surface area contributed by atoms with Gasteiger partial charge in [-0.2, -0.15) is 5.26 Å². The zero-order chi connectivity index (χ0) is 26.2. The summed E-state index contributed by atoms with van der Waals surface area (Å²) in [4.78, 5) is 33.4. The molecule has 3 fully saturated rings. The first-order valence-corrected chi connectivity index (χ1v) is 12.8. The Labute approximate surface area is 221 Å². The number of imide groups is 1. The van der Waals surface area contributed by atoms with E-state index in [2.05, 4.69) is 16.2 Å². The van der Waals surface area contributed by atoms with Crippen molar-refractivity contribution in [1.82, 2.24) is 10.1 Å². The minimum Gasteiger partial charge on any atom is -0.475 e. The van der Waals surface area contributed by atoms with E-state index in [-0.39, 0.29) is 18.4 Å². The number of ether oxygens (including phenoxy) is 2. The van der Waals surface area contributed by atoms with E-state index < -0.39 is 23.0 Å². The Kier molecular flexibility index (Phi) is 4.87. The maximum Gasteiger partial charge on any atom is 0.262 e. The zero-order valence-electron chi connectivity index (χ0n) is 20.3. The minimum atomic E-state index is -0.835. The summed E-state index contributed by atoms with van der Waals surface area (Å²) < 4.78 is 17.8. The maximum absolute atomic E-state index is 14.0. The summed E-state index contributed by atoms with van der Waals surface area (Å²) in [5.41, 5.74) is 0.258. The van der Waals surface area contributed by atoms with Crippen LogP contribution in [0.2, 0.25) is 5.02 Å². The van der Waals surface area contributed by atoms with Crippen molar-refractivity contribution in [2.75, 3.05) is 11.5 Å².